The monoisotopic (exact) mass is 183 g/mol. The molecule has 1 saturated heterocycles. The number of rotatable bonds is 1. The van der Waals surface area contributed by atoms with Gasteiger partial charge in [0, 0.05) is 12.6 Å². The van der Waals surface area contributed by atoms with E-state index >= 15 is 0 Å². The van der Waals surface area contributed by atoms with E-state index in [-0.39, 0.29) is 5.60 Å². The molecule has 2 rings (SSSR count). The molecule has 0 aromatic carbocycles. The first-order valence-electron chi connectivity index (χ1n) is 5.45. The van der Waals surface area contributed by atoms with E-state index in [9.17, 15) is 0 Å². The Morgan fingerprint density at radius 1 is 1.38 bits per heavy atom. The van der Waals surface area contributed by atoms with Gasteiger partial charge in [0.2, 0.25) is 0 Å². The first-order chi connectivity index (χ1) is 6.08. The van der Waals surface area contributed by atoms with Crippen LogP contribution in [0.4, 0.5) is 0 Å². The van der Waals surface area contributed by atoms with Crippen molar-refractivity contribution in [2.24, 2.45) is 5.41 Å². The third-order valence-corrected chi connectivity index (χ3v) is 3.48. The normalized spacial score (nSPS) is 35.8. The van der Waals surface area contributed by atoms with Gasteiger partial charge < -0.3 is 10.1 Å². The van der Waals surface area contributed by atoms with Gasteiger partial charge in [-0.3, -0.25) is 0 Å². The third kappa shape index (κ3) is 1.50. The third-order valence-electron chi connectivity index (χ3n) is 3.48. The Morgan fingerprint density at radius 2 is 2.08 bits per heavy atom. The minimum atomic E-state index is 0.191. The van der Waals surface area contributed by atoms with Crippen molar-refractivity contribution in [3.8, 4) is 0 Å². The van der Waals surface area contributed by atoms with Crippen LogP contribution in [-0.2, 0) is 4.74 Å². The summed E-state index contributed by atoms with van der Waals surface area (Å²) in [7, 11) is 0. The smallest absolute Gasteiger partial charge is 0.0845 e. The molecule has 1 atom stereocenters. The molecule has 13 heavy (non-hydrogen) atoms. The fraction of sp³-hybridized carbons (Fsp3) is 1.00. The van der Waals surface area contributed by atoms with Gasteiger partial charge in [0.1, 0.15) is 0 Å². The van der Waals surface area contributed by atoms with Crippen molar-refractivity contribution in [1.29, 1.82) is 0 Å². The molecule has 1 unspecified atom stereocenters. The molecular formula is C11H21NO. The zero-order chi connectivity index (χ0) is 9.53. The summed E-state index contributed by atoms with van der Waals surface area (Å²) in [5, 5.41) is 3.57. The van der Waals surface area contributed by atoms with E-state index in [4.69, 9.17) is 4.74 Å². The van der Waals surface area contributed by atoms with E-state index in [0.29, 0.717) is 11.5 Å². The van der Waals surface area contributed by atoms with Crippen molar-refractivity contribution in [3.63, 3.8) is 0 Å². The molecule has 2 fully saturated rings. The predicted molar refractivity (Wildman–Crippen MR) is 53.8 cm³/mol. The maximum atomic E-state index is 5.98. The fourth-order valence-corrected chi connectivity index (χ4v) is 3.21. The van der Waals surface area contributed by atoms with E-state index < -0.39 is 0 Å². The quantitative estimate of drug-likeness (QED) is 0.671. The Hall–Kier alpha value is -0.0800. The molecule has 1 heterocycles. The minimum absolute atomic E-state index is 0.191. The molecule has 2 aliphatic rings. The van der Waals surface area contributed by atoms with Gasteiger partial charge >= 0.3 is 0 Å². The summed E-state index contributed by atoms with van der Waals surface area (Å²) >= 11 is 0. The highest BCUT2D eigenvalue weighted by Crippen LogP contribution is 2.52. The first kappa shape index (κ1) is 9.47. The van der Waals surface area contributed by atoms with Crippen molar-refractivity contribution < 1.29 is 4.74 Å². The molecule has 1 aliphatic heterocycles. The second-order valence-electron chi connectivity index (χ2n) is 5.35. The summed E-state index contributed by atoms with van der Waals surface area (Å²) in [6.07, 6.45) is 3.65. The van der Waals surface area contributed by atoms with Crippen LogP contribution in [0.1, 0.15) is 40.0 Å². The van der Waals surface area contributed by atoms with Crippen molar-refractivity contribution in [3.05, 3.63) is 0 Å². The van der Waals surface area contributed by atoms with Gasteiger partial charge in [0.15, 0.2) is 0 Å². The number of hydrogen-bond acceptors (Lipinski definition) is 2. The van der Waals surface area contributed by atoms with Crippen LogP contribution in [0.2, 0.25) is 0 Å². The van der Waals surface area contributed by atoms with E-state index in [1.807, 2.05) is 0 Å². The van der Waals surface area contributed by atoms with Crippen molar-refractivity contribution >= 4 is 0 Å². The van der Waals surface area contributed by atoms with Crippen LogP contribution in [0.3, 0.4) is 0 Å². The van der Waals surface area contributed by atoms with Crippen LogP contribution in [0.5, 0.6) is 0 Å². The summed E-state index contributed by atoms with van der Waals surface area (Å²) in [6.45, 7) is 8.85. The second kappa shape index (κ2) is 2.96. The Bertz CT molecular complexity index is 192. The van der Waals surface area contributed by atoms with Crippen molar-refractivity contribution in [1.82, 2.24) is 5.32 Å². The lowest BCUT2D eigenvalue weighted by Gasteiger charge is -2.58. The second-order valence-corrected chi connectivity index (χ2v) is 5.35. The zero-order valence-corrected chi connectivity index (χ0v) is 9.02. The Kier molecular flexibility index (Phi) is 2.16. The lowest BCUT2D eigenvalue weighted by atomic mass is 9.58. The van der Waals surface area contributed by atoms with Crippen LogP contribution < -0.4 is 5.32 Å². The van der Waals surface area contributed by atoms with E-state index in [0.717, 1.165) is 13.2 Å². The molecule has 2 heteroatoms. The van der Waals surface area contributed by atoms with Crippen molar-refractivity contribution in [2.45, 2.75) is 51.7 Å². The van der Waals surface area contributed by atoms with Gasteiger partial charge in [-0.15, -0.1) is 0 Å². The molecule has 0 aromatic heterocycles. The standard InChI is InChI=1S/C11H21NO/c1-4-9-11(13-6-5-12-9)7-10(2,3)8-11/h9,12H,4-8H2,1-3H3. The van der Waals surface area contributed by atoms with Crippen LogP contribution in [0.15, 0.2) is 0 Å². The lowest BCUT2D eigenvalue weighted by Crippen LogP contribution is -2.66. The van der Waals surface area contributed by atoms with Gasteiger partial charge in [0.05, 0.1) is 12.2 Å². The zero-order valence-electron chi connectivity index (χ0n) is 9.02. The lowest BCUT2D eigenvalue weighted by molar-refractivity contribution is -0.194. The Morgan fingerprint density at radius 3 is 2.62 bits per heavy atom. The highest BCUT2D eigenvalue weighted by molar-refractivity contribution is 5.08. The predicted octanol–water partition coefficient (Wildman–Crippen LogP) is 1.94. The molecule has 0 bridgehead atoms. The number of hydrogen-bond donors (Lipinski definition) is 1. The number of nitrogens with one attached hydrogen (secondary N) is 1. The van der Waals surface area contributed by atoms with E-state index in [1.165, 1.54) is 19.3 Å². The maximum Gasteiger partial charge on any atom is 0.0845 e. The summed E-state index contributed by atoms with van der Waals surface area (Å²) in [4.78, 5) is 0. The summed E-state index contributed by atoms with van der Waals surface area (Å²) in [5.41, 5.74) is 0.697. The summed E-state index contributed by atoms with van der Waals surface area (Å²) in [6, 6.07) is 0.592. The van der Waals surface area contributed by atoms with E-state index in [1.54, 1.807) is 0 Å². The molecule has 0 aromatic rings. The molecule has 1 aliphatic carbocycles. The molecule has 0 radical (unpaired) electrons. The van der Waals surface area contributed by atoms with Gasteiger partial charge in [-0.1, -0.05) is 20.8 Å². The minimum Gasteiger partial charge on any atom is -0.372 e. The average molecular weight is 183 g/mol. The van der Waals surface area contributed by atoms with Gasteiger partial charge in [0.25, 0.3) is 0 Å². The average Bonchev–Trinajstić information content (AvgIpc) is 2.02. The molecular weight excluding hydrogens is 162 g/mol. The molecule has 0 amide bonds. The summed E-state index contributed by atoms with van der Waals surface area (Å²) < 4.78 is 5.98. The Balaban J connectivity index is 2.04. The van der Waals surface area contributed by atoms with Crippen molar-refractivity contribution in [2.75, 3.05) is 13.2 Å². The Labute approximate surface area is 81.0 Å². The van der Waals surface area contributed by atoms with Gasteiger partial charge in [-0.25, -0.2) is 0 Å². The topological polar surface area (TPSA) is 21.3 Å². The van der Waals surface area contributed by atoms with Gasteiger partial charge in [-0.2, -0.15) is 0 Å². The molecule has 1 spiro atoms. The number of ether oxygens (including phenoxy) is 1. The molecule has 76 valence electrons. The van der Waals surface area contributed by atoms with Crippen LogP contribution in [-0.4, -0.2) is 24.8 Å². The molecule has 2 nitrogen and oxygen atoms in total. The molecule has 1 saturated carbocycles. The van der Waals surface area contributed by atoms with Crippen LogP contribution in [0.25, 0.3) is 0 Å². The largest absolute Gasteiger partial charge is 0.372 e. The van der Waals surface area contributed by atoms with Gasteiger partial charge in [-0.05, 0) is 24.7 Å². The van der Waals surface area contributed by atoms with Crippen LogP contribution >= 0.6 is 0 Å². The summed E-state index contributed by atoms with van der Waals surface area (Å²) in [5.74, 6) is 0. The number of morpholine rings is 1. The molecule has 1 N–H and O–H groups in total. The van der Waals surface area contributed by atoms with Crippen LogP contribution in [0, 0.1) is 5.41 Å². The SMILES string of the molecule is CCC1NCCOC12CC(C)(C)C2. The highest BCUT2D eigenvalue weighted by Gasteiger charge is 2.55. The maximum absolute atomic E-state index is 5.98. The van der Waals surface area contributed by atoms with E-state index in [2.05, 4.69) is 26.1 Å². The highest BCUT2D eigenvalue weighted by atomic mass is 16.5. The fourth-order valence-electron chi connectivity index (χ4n) is 3.21. The first-order valence-corrected chi connectivity index (χ1v) is 5.45.